The number of nitrogens with zero attached hydrogens (tertiary/aromatic N) is 4. The first-order chi connectivity index (χ1) is 12.6. The molecule has 0 unspecified atom stereocenters. The van der Waals surface area contributed by atoms with E-state index in [-0.39, 0.29) is 5.91 Å². The maximum atomic E-state index is 11.5. The molecular formula is C18H24N6O2. The van der Waals surface area contributed by atoms with Gasteiger partial charge in [-0.3, -0.25) is 15.0 Å². The molecule has 0 spiro atoms. The number of aromatic nitrogens is 2. The molecule has 1 fully saturated rings. The van der Waals surface area contributed by atoms with Gasteiger partial charge in [0.2, 0.25) is 17.8 Å². The molecule has 1 amide bonds. The molecule has 8 nitrogen and oxygen atoms in total. The molecule has 0 bridgehead atoms. The summed E-state index contributed by atoms with van der Waals surface area (Å²) in [5, 5.41) is 7.21. The summed E-state index contributed by atoms with van der Waals surface area (Å²) in [5.41, 5.74) is 1.71. The second-order valence-electron chi connectivity index (χ2n) is 6.13. The standard InChI is InChI=1S/C18H24N6O2/c1-13-15-5-3-4-6-16(15)22-18(20-13)23-17(21-14(2)25)19-7-8-24-9-11-26-12-10-24/h3-6H,7-12H2,1-2H3,(H2,19,20,21,22,23,25). The number of morpholine rings is 1. The maximum absolute atomic E-state index is 11.5. The molecule has 0 radical (unpaired) electrons. The Kier molecular flexibility index (Phi) is 6.08. The SMILES string of the molecule is CC(=O)/N=C(\NCCN1CCOCC1)Nc1nc(C)c2ccccc2n1. The van der Waals surface area contributed by atoms with Crippen LogP contribution in [0.25, 0.3) is 10.9 Å². The molecule has 138 valence electrons. The van der Waals surface area contributed by atoms with Gasteiger partial charge >= 0.3 is 0 Å². The summed E-state index contributed by atoms with van der Waals surface area (Å²) in [5.74, 6) is 0.490. The molecule has 0 aliphatic carbocycles. The van der Waals surface area contributed by atoms with Crippen molar-refractivity contribution in [2.75, 3.05) is 44.7 Å². The molecule has 2 heterocycles. The molecule has 3 rings (SSSR count). The van der Waals surface area contributed by atoms with E-state index in [9.17, 15) is 4.79 Å². The molecule has 1 aliphatic rings. The first-order valence-corrected chi connectivity index (χ1v) is 8.75. The lowest BCUT2D eigenvalue weighted by Crippen LogP contribution is -2.42. The van der Waals surface area contributed by atoms with Crippen molar-refractivity contribution < 1.29 is 9.53 Å². The van der Waals surface area contributed by atoms with E-state index in [4.69, 9.17) is 4.74 Å². The van der Waals surface area contributed by atoms with Gasteiger partial charge in [-0.2, -0.15) is 4.99 Å². The Bertz CT molecular complexity index is 801. The van der Waals surface area contributed by atoms with E-state index in [1.165, 1.54) is 6.92 Å². The van der Waals surface area contributed by atoms with Gasteiger partial charge in [0.15, 0.2) is 0 Å². The number of hydrogen-bond acceptors (Lipinski definition) is 5. The highest BCUT2D eigenvalue weighted by Crippen LogP contribution is 2.16. The number of carbonyl (C=O) groups excluding carboxylic acids is 1. The lowest BCUT2D eigenvalue weighted by Gasteiger charge is -2.26. The molecule has 0 atom stereocenters. The van der Waals surface area contributed by atoms with Crippen LogP contribution in [0.3, 0.4) is 0 Å². The van der Waals surface area contributed by atoms with Crippen LogP contribution in [0.2, 0.25) is 0 Å². The molecule has 1 aromatic carbocycles. The van der Waals surface area contributed by atoms with Gasteiger partial charge in [0.05, 0.1) is 24.4 Å². The number of fused-ring (bicyclic) bond motifs is 1. The van der Waals surface area contributed by atoms with Crippen molar-refractivity contribution in [2.45, 2.75) is 13.8 Å². The van der Waals surface area contributed by atoms with Gasteiger partial charge in [-0.15, -0.1) is 0 Å². The number of carbonyl (C=O) groups is 1. The van der Waals surface area contributed by atoms with Crippen LogP contribution in [0, 0.1) is 6.92 Å². The number of anilines is 1. The Morgan fingerprint density at radius 3 is 2.81 bits per heavy atom. The number of benzene rings is 1. The zero-order chi connectivity index (χ0) is 18.4. The second kappa shape index (κ2) is 8.68. The van der Waals surface area contributed by atoms with E-state index >= 15 is 0 Å². The summed E-state index contributed by atoms with van der Waals surface area (Å²) in [6.07, 6.45) is 0. The third kappa shape index (κ3) is 4.96. The van der Waals surface area contributed by atoms with Crippen molar-refractivity contribution in [1.29, 1.82) is 0 Å². The molecule has 1 aromatic heterocycles. The minimum Gasteiger partial charge on any atom is -0.379 e. The highest BCUT2D eigenvalue weighted by molar-refractivity contribution is 6.00. The van der Waals surface area contributed by atoms with E-state index in [0.717, 1.165) is 49.4 Å². The molecular weight excluding hydrogens is 332 g/mol. The third-order valence-electron chi connectivity index (χ3n) is 4.12. The van der Waals surface area contributed by atoms with E-state index < -0.39 is 0 Å². The number of aliphatic imine (C=N–C) groups is 1. The number of hydrogen-bond donors (Lipinski definition) is 2. The van der Waals surface area contributed by atoms with Crippen molar-refractivity contribution in [3.8, 4) is 0 Å². The van der Waals surface area contributed by atoms with Crippen LogP contribution in [-0.4, -0.2) is 66.1 Å². The van der Waals surface area contributed by atoms with Gasteiger partial charge in [0.1, 0.15) is 0 Å². The van der Waals surface area contributed by atoms with Crippen molar-refractivity contribution in [2.24, 2.45) is 4.99 Å². The van der Waals surface area contributed by atoms with Gasteiger partial charge in [0.25, 0.3) is 0 Å². The number of ether oxygens (including phenoxy) is 1. The van der Waals surface area contributed by atoms with Crippen LogP contribution in [0.1, 0.15) is 12.6 Å². The van der Waals surface area contributed by atoms with Gasteiger partial charge in [-0.05, 0) is 13.0 Å². The highest BCUT2D eigenvalue weighted by atomic mass is 16.5. The second-order valence-corrected chi connectivity index (χ2v) is 6.13. The predicted molar refractivity (Wildman–Crippen MR) is 101 cm³/mol. The Labute approximate surface area is 152 Å². The number of aryl methyl sites for hydroxylation is 1. The molecule has 2 N–H and O–H groups in total. The quantitative estimate of drug-likeness (QED) is 0.628. The zero-order valence-electron chi connectivity index (χ0n) is 15.2. The lowest BCUT2D eigenvalue weighted by atomic mass is 10.2. The molecule has 1 aliphatic heterocycles. The summed E-state index contributed by atoms with van der Waals surface area (Å²) >= 11 is 0. The molecule has 0 saturated carbocycles. The van der Waals surface area contributed by atoms with E-state index in [1.807, 2.05) is 31.2 Å². The molecule has 8 heteroatoms. The predicted octanol–water partition coefficient (Wildman–Crippen LogP) is 1.17. The van der Waals surface area contributed by atoms with Gasteiger partial charge in [-0.25, -0.2) is 9.97 Å². The lowest BCUT2D eigenvalue weighted by molar-refractivity contribution is -0.115. The summed E-state index contributed by atoms with van der Waals surface area (Å²) in [6, 6.07) is 7.81. The number of para-hydroxylation sites is 1. The van der Waals surface area contributed by atoms with Gasteiger partial charge in [0, 0.05) is 38.5 Å². The Hall–Kier alpha value is -2.58. The van der Waals surface area contributed by atoms with E-state index in [2.05, 4.69) is 30.5 Å². The van der Waals surface area contributed by atoms with Crippen molar-refractivity contribution in [3.63, 3.8) is 0 Å². The Morgan fingerprint density at radius 1 is 1.27 bits per heavy atom. The molecule has 26 heavy (non-hydrogen) atoms. The number of guanidine groups is 1. The fraction of sp³-hybridized carbons (Fsp3) is 0.444. The van der Waals surface area contributed by atoms with Crippen LogP contribution in [-0.2, 0) is 9.53 Å². The average Bonchev–Trinajstić information content (AvgIpc) is 2.62. The van der Waals surface area contributed by atoms with Gasteiger partial charge in [-0.1, -0.05) is 18.2 Å². The number of nitrogens with one attached hydrogen (secondary N) is 2. The van der Waals surface area contributed by atoms with Crippen molar-refractivity contribution >= 4 is 28.7 Å². The highest BCUT2D eigenvalue weighted by Gasteiger charge is 2.11. The first kappa shape index (κ1) is 18.2. The average molecular weight is 356 g/mol. The van der Waals surface area contributed by atoms with Crippen molar-refractivity contribution in [3.05, 3.63) is 30.0 Å². The third-order valence-corrected chi connectivity index (χ3v) is 4.12. The van der Waals surface area contributed by atoms with Crippen LogP contribution < -0.4 is 10.6 Å². The van der Waals surface area contributed by atoms with E-state index in [0.29, 0.717) is 18.5 Å². The van der Waals surface area contributed by atoms with Crippen LogP contribution in [0.5, 0.6) is 0 Å². The van der Waals surface area contributed by atoms with Gasteiger partial charge < -0.3 is 10.1 Å². The fourth-order valence-corrected chi connectivity index (χ4v) is 2.82. The van der Waals surface area contributed by atoms with Crippen LogP contribution >= 0.6 is 0 Å². The summed E-state index contributed by atoms with van der Waals surface area (Å²) in [6.45, 7) is 8.21. The number of amides is 1. The topological polar surface area (TPSA) is 91.7 Å². The minimum atomic E-state index is -0.288. The van der Waals surface area contributed by atoms with Crippen molar-refractivity contribution in [1.82, 2.24) is 20.2 Å². The summed E-state index contributed by atoms with van der Waals surface area (Å²) in [7, 11) is 0. The Morgan fingerprint density at radius 2 is 2.04 bits per heavy atom. The largest absolute Gasteiger partial charge is 0.379 e. The summed E-state index contributed by atoms with van der Waals surface area (Å²) < 4.78 is 5.35. The normalized spacial score (nSPS) is 15.8. The minimum absolute atomic E-state index is 0.288. The van der Waals surface area contributed by atoms with Crippen LogP contribution in [0.4, 0.5) is 5.95 Å². The zero-order valence-corrected chi connectivity index (χ0v) is 15.2. The number of rotatable bonds is 4. The Balaban J connectivity index is 1.67. The first-order valence-electron chi connectivity index (χ1n) is 8.75. The van der Waals surface area contributed by atoms with E-state index in [1.54, 1.807) is 0 Å². The maximum Gasteiger partial charge on any atom is 0.245 e. The van der Waals surface area contributed by atoms with Crippen LogP contribution in [0.15, 0.2) is 29.3 Å². The summed E-state index contributed by atoms with van der Waals surface area (Å²) in [4.78, 5) is 26.7. The molecule has 2 aromatic rings. The molecule has 1 saturated heterocycles. The smallest absolute Gasteiger partial charge is 0.245 e. The fourth-order valence-electron chi connectivity index (χ4n) is 2.82. The monoisotopic (exact) mass is 356 g/mol.